The summed E-state index contributed by atoms with van der Waals surface area (Å²) in [5.74, 6) is -0.311. The van der Waals surface area contributed by atoms with Crippen molar-refractivity contribution in [2.24, 2.45) is 0 Å². The Balaban J connectivity index is 1.98. The van der Waals surface area contributed by atoms with Crippen LogP contribution in [0.5, 0.6) is 5.75 Å². The molecule has 18 heavy (non-hydrogen) atoms. The molecule has 2 rings (SSSR count). The molecule has 0 fully saturated rings. The number of ether oxygens (including phenoxy) is 1. The zero-order chi connectivity index (χ0) is 13.0. The summed E-state index contributed by atoms with van der Waals surface area (Å²) in [5, 5.41) is 9.88. The highest BCUT2D eigenvalue weighted by Gasteiger charge is 2.09. The molecule has 0 aliphatic carbocycles. The summed E-state index contributed by atoms with van der Waals surface area (Å²) < 4.78 is 18.5. The lowest BCUT2D eigenvalue weighted by molar-refractivity contribution is 0.106. The molecule has 0 saturated heterocycles. The van der Waals surface area contributed by atoms with Crippen molar-refractivity contribution in [2.45, 2.75) is 6.10 Å². The maximum Gasteiger partial charge on any atom is 0.165 e. The Morgan fingerprint density at radius 2 is 1.78 bits per heavy atom. The molecule has 0 spiro atoms. The van der Waals surface area contributed by atoms with Gasteiger partial charge in [0.25, 0.3) is 0 Å². The lowest BCUT2D eigenvalue weighted by Crippen LogP contribution is -2.10. The second kappa shape index (κ2) is 5.51. The Kier molecular flexibility index (Phi) is 3.79. The summed E-state index contributed by atoms with van der Waals surface area (Å²) in [7, 11) is 0. The van der Waals surface area contributed by atoms with Gasteiger partial charge in [0.05, 0.1) is 0 Å². The standard InChI is InChI=1S/C14H14FNO2/c15-12-3-1-2-4-14(12)18-9-13(17)10-5-7-11(16)8-6-10/h1-8,13,17H,9,16H2. The number of hydrogen-bond donors (Lipinski definition) is 2. The second-order valence-corrected chi connectivity index (χ2v) is 3.92. The van der Waals surface area contributed by atoms with Crippen LogP contribution in [0.1, 0.15) is 11.7 Å². The summed E-state index contributed by atoms with van der Waals surface area (Å²) in [6.45, 7) is -0.00908. The third kappa shape index (κ3) is 2.99. The van der Waals surface area contributed by atoms with Crippen molar-refractivity contribution in [1.29, 1.82) is 0 Å². The molecule has 0 saturated carbocycles. The van der Waals surface area contributed by atoms with Gasteiger partial charge in [-0.25, -0.2) is 4.39 Å². The molecule has 0 aromatic heterocycles. The normalized spacial score (nSPS) is 12.1. The average Bonchev–Trinajstić information content (AvgIpc) is 2.38. The van der Waals surface area contributed by atoms with Crippen molar-refractivity contribution >= 4 is 5.69 Å². The average molecular weight is 247 g/mol. The van der Waals surface area contributed by atoms with E-state index in [1.807, 2.05) is 0 Å². The third-order valence-corrected chi connectivity index (χ3v) is 2.55. The molecule has 3 N–H and O–H groups in total. The summed E-state index contributed by atoms with van der Waals surface area (Å²) in [6.07, 6.45) is -0.815. The fourth-order valence-electron chi connectivity index (χ4n) is 1.54. The van der Waals surface area contributed by atoms with Crippen LogP contribution in [-0.4, -0.2) is 11.7 Å². The van der Waals surface area contributed by atoms with Crippen LogP contribution < -0.4 is 10.5 Å². The van der Waals surface area contributed by atoms with E-state index in [0.717, 1.165) is 0 Å². The molecule has 1 unspecified atom stereocenters. The van der Waals surface area contributed by atoms with Crippen molar-refractivity contribution in [2.75, 3.05) is 12.3 Å². The SMILES string of the molecule is Nc1ccc(C(O)COc2ccccc2F)cc1. The molecule has 1 atom stereocenters. The van der Waals surface area contributed by atoms with Gasteiger partial charge in [-0.15, -0.1) is 0 Å². The van der Waals surface area contributed by atoms with E-state index < -0.39 is 11.9 Å². The number of hydrogen-bond acceptors (Lipinski definition) is 3. The number of benzene rings is 2. The van der Waals surface area contributed by atoms with Gasteiger partial charge < -0.3 is 15.6 Å². The topological polar surface area (TPSA) is 55.5 Å². The Morgan fingerprint density at radius 3 is 2.44 bits per heavy atom. The highest BCUT2D eigenvalue weighted by molar-refractivity contribution is 5.39. The second-order valence-electron chi connectivity index (χ2n) is 3.92. The van der Waals surface area contributed by atoms with Gasteiger partial charge in [-0.1, -0.05) is 24.3 Å². The van der Waals surface area contributed by atoms with Crippen molar-refractivity contribution in [3.63, 3.8) is 0 Å². The van der Waals surface area contributed by atoms with Gasteiger partial charge in [-0.2, -0.15) is 0 Å². The van der Waals surface area contributed by atoms with E-state index in [2.05, 4.69) is 0 Å². The molecule has 0 aliphatic rings. The number of nitrogens with two attached hydrogens (primary N) is 1. The molecule has 0 bridgehead atoms. The minimum Gasteiger partial charge on any atom is -0.487 e. The van der Waals surface area contributed by atoms with E-state index in [9.17, 15) is 9.50 Å². The quantitative estimate of drug-likeness (QED) is 0.816. The van der Waals surface area contributed by atoms with Gasteiger partial charge in [0, 0.05) is 5.69 Å². The molecule has 3 nitrogen and oxygen atoms in total. The first-order chi connectivity index (χ1) is 8.66. The van der Waals surface area contributed by atoms with Gasteiger partial charge in [0.2, 0.25) is 0 Å². The van der Waals surface area contributed by atoms with Gasteiger partial charge in [0.1, 0.15) is 12.7 Å². The molecule has 0 aliphatic heterocycles. The van der Waals surface area contributed by atoms with Crippen LogP contribution in [0.4, 0.5) is 10.1 Å². The maximum atomic E-state index is 13.3. The molecule has 0 heterocycles. The first-order valence-electron chi connectivity index (χ1n) is 5.57. The van der Waals surface area contributed by atoms with E-state index in [0.29, 0.717) is 11.3 Å². The largest absolute Gasteiger partial charge is 0.487 e. The lowest BCUT2D eigenvalue weighted by Gasteiger charge is -2.13. The van der Waals surface area contributed by atoms with Gasteiger partial charge >= 0.3 is 0 Å². The first-order valence-corrected chi connectivity index (χ1v) is 5.57. The van der Waals surface area contributed by atoms with E-state index >= 15 is 0 Å². The molecular weight excluding hydrogens is 233 g/mol. The minimum atomic E-state index is -0.815. The number of para-hydroxylation sites is 1. The molecule has 4 heteroatoms. The monoisotopic (exact) mass is 247 g/mol. The molecule has 0 amide bonds. The zero-order valence-electron chi connectivity index (χ0n) is 9.71. The molecule has 2 aromatic rings. The number of anilines is 1. The van der Waals surface area contributed by atoms with E-state index in [1.54, 1.807) is 36.4 Å². The predicted molar refractivity (Wildman–Crippen MR) is 67.7 cm³/mol. The van der Waals surface area contributed by atoms with Crippen molar-refractivity contribution < 1.29 is 14.2 Å². The van der Waals surface area contributed by atoms with Gasteiger partial charge in [0.15, 0.2) is 11.6 Å². The van der Waals surface area contributed by atoms with E-state index in [-0.39, 0.29) is 12.4 Å². The number of rotatable bonds is 4. The Bertz CT molecular complexity index is 513. The van der Waals surface area contributed by atoms with E-state index in [1.165, 1.54) is 12.1 Å². The highest BCUT2D eigenvalue weighted by atomic mass is 19.1. The number of aliphatic hydroxyl groups is 1. The van der Waals surface area contributed by atoms with Crippen LogP contribution in [0.25, 0.3) is 0 Å². The molecule has 94 valence electrons. The van der Waals surface area contributed by atoms with Crippen molar-refractivity contribution in [1.82, 2.24) is 0 Å². The smallest absolute Gasteiger partial charge is 0.165 e. The van der Waals surface area contributed by atoms with E-state index in [4.69, 9.17) is 10.5 Å². The van der Waals surface area contributed by atoms with Gasteiger partial charge in [-0.05, 0) is 29.8 Å². The summed E-state index contributed by atoms with van der Waals surface area (Å²) in [5.41, 5.74) is 6.86. The zero-order valence-corrected chi connectivity index (χ0v) is 9.71. The summed E-state index contributed by atoms with van der Waals surface area (Å²) in [4.78, 5) is 0. The van der Waals surface area contributed by atoms with Crippen molar-refractivity contribution in [3.05, 3.63) is 59.9 Å². The highest BCUT2D eigenvalue weighted by Crippen LogP contribution is 2.19. The van der Waals surface area contributed by atoms with Crippen LogP contribution in [0, 0.1) is 5.82 Å². The summed E-state index contributed by atoms with van der Waals surface area (Å²) in [6, 6.07) is 12.9. The van der Waals surface area contributed by atoms with Crippen LogP contribution in [0.15, 0.2) is 48.5 Å². The molecule has 2 aromatic carbocycles. The number of nitrogen functional groups attached to an aromatic ring is 1. The maximum absolute atomic E-state index is 13.3. The fourth-order valence-corrected chi connectivity index (χ4v) is 1.54. The molecular formula is C14H14FNO2. The van der Waals surface area contributed by atoms with Crippen LogP contribution >= 0.6 is 0 Å². The Hall–Kier alpha value is -2.07. The third-order valence-electron chi connectivity index (χ3n) is 2.55. The fraction of sp³-hybridized carbons (Fsp3) is 0.143. The predicted octanol–water partition coefficient (Wildman–Crippen LogP) is 2.52. The molecule has 0 radical (unpaired) electrons. The Morgan fingerprint density at radius 1 is 1.11 bits per heavy atom. The van der Waals surface area contributed by atoms with Crippen LogP contribution in [0.3, 0.4) is 0 Å². The summed E-state index contributed by atoms with van der Waals surface area (Å²) >= 11 is 0. The number of aliphatic hydroxyl groups excluding tert-OH is 1. The van der Waals surface area contributed by atoms with Crippen LogP contribution in [-0.2, 0) is 0 Å². The van der Waals surface area contributed by atoms with Crippen molar-refractivity contribution in [3.8, 4) is 5.75 Å². The minimum absolute atomic E-state index is 0.00908. The lowest BCUT2D eigenvalue weighted by atomic mass is 10.1. The van der Waals surface area contributed by atoms with Gasteiger partial charge in [-0.3, -0.25) is 0 Å². The first kappa shape index (κ1) is 12.4. The Labute approximate surface area is 105 Å². The number of halogens is 1. The van der Waals surface area contributed by atoms with Crippen LogP contribution in [0.2, 0.25) is 0 Å².